The van der Waals surface area contributed by atoms with Crippen molar-refractivity contribution in [3.63, 3.8) is 0 Å². The minimum absolute atomic E-state index is 0.0640. The maximum atomic E-state index is 12.5. The number of allylic oxidation sites excluding steroid dienone is 1. The molecule has 1 saturated carbocycles. The van der Waals surface area contributed by atoms with Gasteiger partial charge in [0.2, 0.25) is 0 Å². The van der Waals surface area contributed by atoms with Crippen molar-refractivity contribution in [3.8, 4) is 0 Å². The summed E-state index contributed by atoms with van der Waals surface area (Å²) in [6.45, 7) is 11.6. The molecule has 3 rings (SSSR count). The van der Waals surface area contributed by atoms with E-state index in [4.69, 9.17) is 18.9 Å². The molecule has 6 atom stereocenters. The van der Waals surface area contributed by atoms with Gasteiger partial charge >= 0.3 is 5.97 Å². The Balaban J connectivity index is 1.66. The molecular weight excluding hydrogens is 370 g/mol. The third kappa shape index (κ3) is 4.87. The SMILES string of the molecule is CCC(CC)NCC(=O)OC1CCC2(CO2)C(C2(C)OC2CC=C(C)C)C1OC. The van der Waals surface area contributed by atoms with Gasteiger partial charge in [0, 0.05) is 13.2 Å². The summed E-state index contributed by atoms with van der Waals surface area (Å²) in [6, 6.07) is 0.345. The van der Waals surface area contributed by atoms with Gasteiger partial charge in [0.05, 0.1) is 25.2 Å². The molecule has 1 N–H and O–H groups in total. The summed E-state index contributed by atoms with van der Waals surface area (Å²) in [6.07, 6.45) is 6.44. The molecule has 166 valence electrons. The summed E-state index contributed by atoms with van der Waals surface area (Å²) in [5.41, 5.74) is 0.803. The number of rotatable bonds is 10. The number of nitrogens with one attached hydrogen (secondary N) is 1. The van der Waals surface area contributed by atoms with E-state index in [2.05, 4.69) is 46.0 Å². The maximum Gasteiger partial charge on any atom is 0.320 e. The minimum atomic E-state index is -0.304. The predicted molar refractivity (Wildman–Crippen MR) is 112 cm³/mol. The minimum Gasteiger partial charge on any atom is -0.459 e. The molecule has 29 heavy (non-hydrogen) atoms. The van der Waals surface area contributed by atoms with Gasteiger partial charge in [0.15, 0.2) is 0 Å². The molecule has 3 aliphatic rings. The van der Waals surface area contributed by atoms with Gasteiger partial charge < -0.3 is 24.3 Å². The summed E-state index contributed by atoms with van der Waals surface area (Å²) >= 11 is 0. The molecule has 0 aromatic heterocycles. The molecule has 6 unspecified atom stereocenters. The Bertz CT molecular complexity index is 608. The fraction of sp³-hybridized carbons (Fsp3) is 0.870. The zero-order valence-electron chi connectivity index (χ0n) is 19.0. The second kappa shape index (κ2) is 9.04. The molecule has 0 amide bonds. The van der Waals surface area contributed by atoms with Crippen LogP contribution in [0.2, 0.25) is 0 Å². The zero-order valence-corrected chi connectivity index (χ0v) is 19.0. The third-order valence-electron chi connectivity index (χ3n) is 7.04. The highest BCUT2D eigenvalue weighted by Gasteiger charge is 2.72. The lowest BCUT2D eigenvalue weighted by atomic mass is 9.68. The molecular formula is C23H39NO5. The van der Waals surface area contributed by atoms with Gasteiger partial charge in [-0.2, -0.15) is 0 Å². The highest BCUT2D eigenvalue weighted by Crippen LogP contribution is 2.59. The molecule has 0 radical (unpaired) electrons. The Labute approximate surface area is 175 Å². The van der Waals surface area contributed by atoms with Gasteiger partial charge in [-0.3, -0.25) is 4.79 Å². The van der Waals surface area contributed by atoms with Crippen molar-refractivity contribution in [2.45, 2.75) is 102 Å². The van der Waals surface area contributed by atoms with E-state index in [9.17, 15) is 4.79 Å². The average Bonchev–Trinajstić information content (AvgIpc) is 3.60. The van der Waals surface area contributed by atoms with Crippen LogP contribution in [-0.4, -0.2) is 61.8 Å². The number of methoxy groups -OCH3 is 1. The van der Waals surface area contributed by atoms with E-state index in [1.807, 2.05) is 0 Å². The Morgan fingerprint density at radius 1 is 1.31 bits per heavy atom. The first-order valence-electron chi connectivity index (χ1n) is 11.2. The molecule has 2 saturated heterocycles. The quantitative estimate of drug-likeness (QED) is 0.339. The van der Waals surface area contributed by atoms with Crippen LogP contribution < -0.4 is 5.32 Å². The Kier molecular flexibility index (Phi) is 7.09. The monoisotopic (exact) mass is 409 g/mol. The van der Waals surface area contributed by atoms with Gasteiger partial charge in [0.1, 0.15) is 23.4 Å². The number of carbonyl (C=O) groups is 1. The number of esters is 1. The molecule has 2 aliphatic heterocycles. The second-order valence-corrected chi connectivity index (χ2v) is 9.30. The Morgan fingerprint density at radius 3 is 2.55 bits per heavy atom. The van der Waals surface area contributed by atoms with Crippen molar-refractivity contribution in [1.82, 2.24) is 5.32 Å². The topological polar surface area (TPSA) is 72.6 Å². The molecule has 6 nitrogen and oxygen atoms in total. The van der Waals surface area contributed by atoms with Crippen molar-refractivity contribution in [2.75, 3.05) is 20.3 Å². The maximum absolute atomic E-state index is 12.5. The molecule has 1 spiro atoms. The standard InChI is InChI=1S/C23H39NO5/c1-7-16(8-2)24-13-19(25)28-17-11-12-23(14-27-23)21(20(17)26-6)22(5)18(29-22)10-9-15(3)4/h9,16-18,20-21,24H,7-8,10-14H2,1-6H3. The van der Waals surface area contributed by atoms with Gasteiger partial charge in [-0.05, 0) is 52.9 Å². The predicted octanol–water partition coefficient (Wildman–Crippen LogP) is 3.38. The molecule has 0 bridgehead atoms. The molecule has 0 aromatic carbocycles. The lowest BCUT2D eigenvalue weighted by molar-refractivity contribution is -0.171. The molecule has 0 aromatic rings. The number of hydrogen-bond donors (Lipinski definition) is 1. The van der Waals surface area contributed by atoms with Crippen molar-refractivity contribution in [3.05, 3.63) is 11.6 Å². The number of epoxide rings is 2. The summed E-state index contributed by atoms with van der Waals surface area (Å²) in [5.74, 6) is -0.146. The summed E-state index contributed by atoms with van der Waals surface area (Å²) < 4.78 is 24.0. The fourth-order valence-corrected chi connectivity index (χ4v) is 5.09. The van der Waals surface area contributed by atoms with Crippen LogP contribution in [0, 0.1) is 5.92 Å². The van der Waals surface area contributed by atoms with Gasteiger partial charge in [-0.1, -0.05) is 25.5 Å². The smallest absolute Gasteiger partial charge is 0.320 e. The highest BCUT2D eigenvalue weighted by molar-refractivity contribution is 5.72. The largest absolute Gasteiger partial charge is 0.459 e. The summed E-state index contributed by atoms with van der Waals surface area (Å²) in [4.78, 5) is 12.5. The zero-order chi connectivity index (χ0) is 21.2. The molecule has 3 fully saturated rings. The fourth-order valence-electron chi connectivity index (χ4n) is 5.09. The van der Waals surface area contributed by atoms with E-state index < -0.39 is 0 Å². The van der Waals surface area contributed by atoms with E-state index in [0.717, 1.165) is 38.7 Å². The van der Waals surface area contributed by atoms with Crippen molar-refractivity contribution in [2.24, 2.45) is 5.92 Å². The van der Waals surface area contributed by atoms with E-state index in [1.54, 1.807) is 7.11 Å². The molecule has 1 aliphatic carbocycles. The Hall–Kier alpha value is -0.950. The lowest BCUT2D eigenvalue weighted by Gasteiger charge is -2.42. The first-order chi connectivity index (χ1) is 13.8. The number of carbonyl (C=O) groups excluding carboxylic acids is 1. The van der Waals surface area contributed by atoms with Gasteiger partial charge in [0.25, 0.3) is 0 Å². The van der Waals surface area contributed by atoms with Crippen LogP contribution in [-0.2, 0) is 23.7 Å². The normalized spacial score (nSPS) is 38.2. The average molecular weight is 410 g/mol. The number of hydrogen-bond acceptors (Lipinski definition) is 6. The first-order valence-corrected chi connectivity index (χ1v) is 11.2. The van der Waals surface area contributed by atoms with E-state index in [-0.39, 0.29) is 47.9 Å². The van der Waals surface area contributed by atoms with Crippen molar-refractivity contribution >= 4 is 5.97 Å². The van der Waals surface area contributed by atoms with Crippen LogP contribution in [0.15, 0.2) is 11.6 Å². The van der Waals surface area contributed by atoms with Crippen LogP contribution in [0.4, 0.5) is 0 Å². The van der Waals surface area contributed by atoms with E-state index >= 15 is 0 Å². The summed E-state index contributed by atoms with van der Waals surface area (Å²) in [5, 5.41) is 3.29. The van der Waals surface area contributed by atoms with E-state index in [1.165, 1.54) is 5.57 Å². The van der Waals surface area contributed by atoms with E-state index in [0.29, 0.717) is 6.04 Å². The van der Waals surface area contributed by atoms with Crippen molar-refractivity contribution < 1.29 is 23.7 Å². The Morgan fingerprint density at radius 2 is 2.00 bits per heavy atom. The van der Waals surface area contributed by atoms with Crippen LogP contribution in [0.5, 0.6) is 0 Å². The first kappa shape index (κ1) is 22.7. The van der Waals surface area contributed by atoms with Gasteiger partial charge in [-0.25, -0.2) is 0 Å². The number of ether oxygens (including phenoxy) is 4. The van der Waals surface area contributed by atoms with Crippen LogP contribution in [0.3, 0.4) is 0 Å². The highest BCUT2D eigenvalue weighted by atomic mass is 16.6. The second-order valence-electron chi connectivity index (χ2n) is 9.30. The lowest BCUT2D eigenvalue weighted by Crippen LogP contribution is -2.56. The van der Waals surface area contributed by atoms with Gasteiger partial charge in [-0.15, -0.1) is 0 Å². The molecule has 6 heteroatoms. The van der Waals surface area contributed by atoms with Crippen molar-refractivity contribution in [1.29, 1.82) is 0 Å². The van der Waals surface area contributed by atoms with Crippen LogP contribution in [0.25, 0.3) is 0 Å². The van der Waals surface area contributed by atoms with Crippen LogP contribution in [0.1, 0.15) is 66.7 Å². The van der Waals surface area contributed by atoms with Crippen LogP contribution >= 0.6 is 0 Å². The summed E-state index contributed by atoms with van der Waals surface area (Å²) in [7, 11) is 1.71. The third-order valence-corrected chi connectivity index (χ3v) is 7.04. The molecule has 2 heterocycles.